The van der Waals surface area contributed by atoms with Gasteiger partial charge in [-0.2, -0.15) is 5.10 Å². The van der Waals surface area contributed by atoms with Crippen LogP contribution < -0.4 is 30.3 Å². The standard InChI is InChI=1S/C29H33IN4O8S/c1-5-38-22-13-18(12-20(30)27(22)42-16-24(36)39-6-2)14-31-34-23(35)15-41-21-11-9-8-10-19(21)26-25(28(37)40-7-3)17(4)32-29(43)33-26/h8-14,26H,5-7,15-16H2,1-4H3,(H,34,35)(H2,32,33,43)/t26-/m0/s1. The fourth-order valence-electron chi connectivity index (χ4n) is 4.01. The molecule has 3 rings (SSSR count). The molecule has 0 fully saturated rings. The zero-order valence-electron chi connectivity index (χ0n) is 24.2. The predicted octanol–water partition coefficient (Wildman–Crippen LogP) is 3.52. The quantitative estimate of drug-likeness (QED) is 0.0866. The van der Waals surface area contributed by atoms with E-state index in [1.807, 2.05) is 6.92 Å². The highest BCUT2D eigenvalue weighted by Gasteiger charge is 2.32. The fourth-order valence-corrected chi connectivity index (χ4v) is 5.06. The van der Waals surface area contributed by atoms with E-state index in [4.69, 9.17) is 35.9 Å². The normalized spacial score (nSPS) is 14.4. The van der Waals surface area contributed by atoms with Crippen LogP contribution in [0.15, 0.2) is 52.8 Å². The van der Waals surface area contributed by atoms with E-state index in [9.17, 15) is 14.4 Å². The van der Waals surface area contributed by atoms with Gasteiger partial charge >= 0.3 is 11.9 Å². The van der Waals surface area contributed by atoms with Crippen LogP contribution in [0.5, 0.6) is 17.2 Å². The molecule has 2 aromatic carbocycles. The Hall–Kier alpha value is -3.92. The molecule has 0 bridgehead atoms. The molecule has 0 spiro atoms. The van der Waals surface area contributed by atoms with Crippen molar-refractivity contribution in [1.82, 2.24) is 16.1 Å². The van der Waals surface area contributed by atoms with Crippen molar-refractivity contribution < 1.29 is 38.1 Å². The summed E-state index contributed by atoms with van der Waals surface area (Å²) in [7, 11) is 0. The lowest BCUT2D eigenvalue weighted by Crippen LogP contribution is -2.45. The number of nitrogens with zero attached hydrogens (tertiary/aromatic N) is 1. The second-order valence-corrected chi connectivity index (χ2v) is 10.3. The third kappa shape index (κ3) is 9.54. The SMILES string of the molecule is CCOC(=O)COc1c(I)cc(C=NNC(=O)COc2ccccc2[C@@H]2NC(=S)NC(C)=C2C(=O)OCC)cc1OCC. The fraction of sp³-hybridized carbons (Fsp3) is 0.345. The van der Waals surface area contributed by atoms with Crippen molar-refractivity contribution in [3.8, 4) is 17.2 Å². The molecular formula is C29H33IN4O8S. The summed E-state index contributed by atoms with van der Waals surface area (Å²) in [6.45, 7) is 7.26. The predicted molar refractivity (Wildman–Crippen MR) is 171 cm³/mol. The summed E-state index contributed by atoms with van der Waals surface area (Å²) in [5, 5.41) is 10.4. The summed E-state index contributed by atoms with van der Waals surface area (Å²) in [5.41, 5.74) is 4.60. The Bertz CT molecular complexity index is 1410. The van der Waals surface area contributed by atoms with E-state index in [1.54, 1.807) is 57.2 Å². The molecule has 1 aliphatic heterocycles. The van der Waals surface area contributed by atoms with Gasteiger partial charge in [0.25, 0.3) is 5.91 Å². The molecule has 3 N–H and O–H groups in total. The van der Waals surface area contributed by atoms with E-state index in [-0.39, 0.29) is 26.4 Å². The van der Waals surface area contributed by atoms with Gasteiger partial charge in [-0.3, -0.25) is 4.79 Å². The van der Waals surface area contributed by atoms with E-state index < -0.39 is 23.9 Å². The first kappa shape index (κ1) is 33.6. The van der Waals surface area contributed by atoms with E-state index >= 15 is 0 Å². The van der Waals surface area contributed by atoms with Crippen LogP contribution in [-0.2, 0) is 23.9 Å². The Morgan fingerprint density at radius 1 is 1.00 bits per heavy atom. The van der Waals surface area contributed by atoms with Gasteiger partial charge in [-0.1, -0.05) is 18.2 Å². The molecular weight excluding hydrogens is 691 g/mol. The molecule has 0 saturated heterocycles. The van der Waals surface area contributed by atoms with Crippen molar-refractivity contribution in [2.75, 3.05) is 33.0 Å². The molecule has 0 unspecified atom stereocenters. The highest BCUT2D eigenvalue weighted by Crippen LogP contribution is 2.35. The van der Waals surface area contributed by atoms with Crippen molar-refractivity contribution in [3.63, 3.8) is 0 Å². The molecule has 43 heavy (non-hydrogen) atoms. The number of hydrazone groups is 1. The minimum Gasteiger partial charge on any atom is -0.490 e. The minimum absolute atomic E-state index is 0.213. The summed E-state index contributed by atoms with van der Waals surface area (Å²) >= 11 is 7.37. The van der Waals surface area contributed by atoms with Crippen molar-refractivity contribution in [2.24, 2.45) is 5.10 Å². The van der Waals surface area contributed by atoms with Gasteiger partial charge in [0.15, 0.2) is 29.8 Å². The Balaban J connectivity index is 1.68. The topological polar surface area (TPSA) is 146 Å². The van der Waals surface area contributed by atoms with E-state index in [0.29, 0.717) is 54.9 Å². The maximum Gasteiger partial charge on any atom is 0.344 e. The highest BCUT2D eigenvalue weighted by atomic mass is 127. The smallest absolute Gasteiger partial charge is 0.344 e. The number of hydrogen-bond acceptors (Lipinski definition) is 10. The molecule has 1 atom stereocenters. The Morgan fingerprint density at radius 3 is 2.47 bits per heavy atom. The second kappa shape index (κ2) is 16.6. The van der Waals surface area contributed by atoms with Gasteiger partial charge in [-0.05, 0) is 86.3 Å². The van der Waals surface area contributed by atoms with Crippen LogP contribution in [0.1, 0.15) is 44.9 Å². The van der Waals surface area contributed by atoms with Gasteiger partial charge < -0.3 is 34.3 Å². The number of nitrogens with one attached hydrogen (secondary N) is 3. The second-order valence-electron chi connectivity index (χ2n) is 8.77. The Labute approximate surface area is 268 Å². The van der Waals surface area contributed by atoms with Crippen LogP contribution in [0.4, 0.5) is 0 Å². The zero-order valence-corrected chi connectivity index (χ0v) is 27.1. The zero-order chi connectivity index (χ0) is 31.4. The number of esters is 2. The molecule has 12 nitrogen and oxygen atoms in total. The largest absolute Gasteiger partial charge is 0.490 e. The Kier molecular flexibility index (Phi) is 13.0. The van der Waals surface area contributed by atoms with Gasteiger partial charge in [0.05, 0.1) is 41.2 Å². The van der Waals surface area contributed by atoms with Gasteiger partial charge in [0.1, 0.15) is 5.75 Å². The number of benzene rings is 2. The average Bonchev–Trinajstić information content (AvgIpc) is 2.96. The number of para-hydroxylation sites is 1. The molecule has 2 aromatic rings. The Morgan fingerprint density at radius 2 is 1.74 bits per heavy atom. The van der Waals surface area contributed by atoms with Crippen LogP contribution in [0.25, 0.3) is 0 Å². The lowest BCUT2D eigenvalue weighted by molar-refractivity contribution is -0.145. The van der Waals surface area contributed by atoms with Gasteiger partial charge in [-0.15, -0.1) is 0 Å². The molecule has 14 heteroatoms. The van der Waals surface area contributed by atoms with Crippen LogP contribution in [0.3, 0.4) is 0 Å². The van der Waals surface area contributed by atoms with Crippen LogP contribution >= 0.6 is 34.8 Å². The van der Waals surface area contributed by atoms with Crippen molar-refractivity contribution in [2.45, 2.75) is 33.7 Å². The van der Waals surface area contributed by atoms with E-state index in [2.05, 4.69) is 43.8 Å². The van der Waals surface area contributed by atoms with Crippen LogP contribution in [0, 0.1) is 3.57 Å². The van der Waals surface area contributed by atoms with Gasteiger partial charge in [0.2, 0.25) is 0 Å². The maximum absolute atomic E-state index is 12.7. The number of rotatable bonds is 14. The molecule has 0 aliphatic carbocycles. The first-order valence-electron chi connectivity index (χ1n) is 13.4. The summed E-state index contributed by atoms with van der Waals surface area (Å²) < 4.78 is 28.0. The van der Waals surface area contributed by atoms with Crippen molar-refractivity contribution in [1.29, 1.82) is 0 Å². The monoisotopic (exact) mass is 724 g/mol. The molecule has 1 aliphatic rings. The number of allylic oxidation sites excluding steroid dienone is 1. The molecule has 0 aromatic heterocycles. The summed E-state index contributed by atoms with van der Waals surface area (Å²) in [6, 6.07) is 9.83. The van der Waals surface area contributed by atoms with Crippen molar-refractivity contribution >= 4 is 64.0 Å². The highest BCUT2D eigenvalue weighted by molar-refractivity contribution is 14.1. The first-order chi connectivity index (χ1) is 20.7. The molecule has 0 radical (unpaired) electrons. The molecule has 1 heterocycles. The van der Waals surface area contributed by atoms with E-state index in [1.165, 1.54) is 6.21 Å². The molecule has 0 saturated carbocycles. The van der Waals surface area contributed by atoms with Crippen molar-refractivity contribution in [3.05, 3.63) is 62.4 Å². The summed E-state index contributed by atoms with van der Waals surface area (Å²) in [6.07, 6.45) is 1.45. The van der Waals surface area contributed by atoms with Gasteiger partial charge in [-0.25, -0.2) is 15.0 Å². The maximum atomic E-state index is 12.7. The first-order valence-corrected chi connectivity index (χ1v) is 14.9. The third-order valence-electron chi connectivity index (χ3n) is 5.73. The summed E-state index contributed by atoms with van der Waals surface area (Å²) in [5.74, 6) is -0.276. The number of carbonyl (C=O) groups is 3. The minimum atomic E-state index is -0.642. The lowest BCUT2D eigenvalue weighted by Gasteiger charge is -2.30. The number of halogens is 1. The number of hydrogen-bond donors (Lipinski definition) is 3. The van der Waals surface area contributed by atoms with E-state index in [0.717, 1.165) is 0 Å². The summed E-state index contributed by atoms with van der Waals surface area (Å²) in [4.78, 5) is 37.0. The number of ether oxygens (including phenoxy) is 5. The molecule has 230 valence electrons. The van der Waals surface area contributed by atoms with Crippen LogP contribution in [-0.4, -0.2) is 62.2 Å². The third-order valence-corrected chi connectivity index (χ3v) is 6.75. The van der Waals surface area contributed by atoms with Gasteiger partial charge in [0, 0.05) is 11.3 Å². The number of carbonyl (C=O) groups excluding carboxylic acids is 3. The average molecular weight is 725 g/mol. The lowest BCUT2D eigenvalue weighted by atomic mass is 9.95. The van der Waals surface area contributed by atoms with Crippen LogP contribution in [0.2, 0.25) is 0 Å². The molecule has 1 amide bonds. The number of thiocarbonyl (C=S) groups is 1. The number of amides is 1.